The Balaban J connectivity index is 1.75. The van der Waals surface area contributed by atoms with Crippen LogP contribution in [0.1, 0.15) is 10.4 Å². The maximum Gasteiger partial charge on any atom is 0.271 e. The molecule has 1 aromatic heterocycles. The third kappa shape index (κ3) is 3.98. The first-order valence-corrected chi connectivity index (χ1v) is 10.3. The van der Waals surface area contributed by atoms with Crippen LogP contribution in [0.5, 0.6) is 0 Å². The van der Waals surface area contributed by atoms with Crippen molar-refractivity contribution in [3.05, 3.63) is 105 Å². The van der Waals surface area contributed by atoms with Crippen LogP contribution in [0.4, 0.5) is 0 Å². The maximum atomic E-state index is 12.4. The smallest absolute Gasteiger partial charge is 0.271 e. The maximum absolute atomic E-state index is 12.4. The predicted octanol–water partition coefficient (Wildman–Crippen LogP) is 5.21. The van der Waals surface area contributed by atoms with Crippen molar-refractivity contribution in [1.82, 2.24) is 9.99 Å². The molecule has 1 N–H and O–H groups in total. The minimum Gasteiger partial charge on any atom is -0.284 e. The van der Waals surface area contributed by atoms with Gasteiger partial charge >= 0.3 is 0 Å². The molecule has 1 heterocycles. The molecule has 0 aliphatic heterocycles. The predicted molar refractivity (Wildman–Crippen MR) is 116 cm³/mol. The molecule has 1 amide bonds. The summed E-state index contributed by atoms with van der Waals surface area (Å²) in [7, 11) is 0. The van der Waals surface area contributed by atoms with Crippen molar-refractivity contribution in [2.75, 3.05) is 0 Å². The topological polar surface area (TPSA) is 46.4 Å². The van der Waals surface area contributed by atoms with E-state index >= 15 is 0 Å². The first kappa shape index (κ1) is 18.4. The van der Waals surface area contributed by atoms with Crippen LogP contribution in [-0.2, 0) is 0 Å². The summed E-state index contributed by atoms with van der Waals surface area (Å²) in [5, 5.41) is 6.45. The van der Waals surface area contributed by atoms with Crippen molar-refractivity contribution in [2.24, 2.45) is 5.10 Å². The molecule has 0 atom stereocenters. The molecule has 0 radical (unpaired) electrons. The van der Waals surface area contributed by atoms with E-state index in [4.69, 9.17) is 0 Å². The Labute approximate surface area is 174 Å². The highest BCUT2D eigenvalue weighted by atomic mass is 79.9. The zero-order valence-electron chi connectivity index (χ0n) is 14.7. The number of carbonyl (C=O) groups is 1. The van der Waals surface area contributed by atoms with Crippen molar-refractivity contribution in [3.63, 3.8) is 0 Å². The highest BCUT2D eigenvalue weighted by Crippen LogP contribution is 2.23. The molecule has 0 spiro atoms. The van der Waals surface area contributed by atoms with Crippen LogP contribution >= 0.6 is 27.3 Å². The van der Waals surface area contributed by atoms with Gasteiger partial charge < -0.3 is 0 Å². The SMILES string of the molecule is O=C(N/N=c1/scc(-c2ccccc2)n1-c1ccccc1)c1ccc(Br)cc1. The van der Waals surface area contributed by atoms with E-state index in [1.807, 2.05) is 70.6 Å². The normalized spacial score (nSPS) is 11.4. The van der Waals surface area contributed by atoms with Crippen molar-refractivity contribution < 1.29 is 4.79 Å². The van der Waals surface area contributed by atoms with Gasteiger partial charge in [0.05, 0.1) is 5.69 Å². The molecule has 3 aromatic carbocycles. The monoisotopic (exact) mass is 449 g/mol. The summed E-state index contributed by atoms with van der Waals surface area (Å²) in [5.74, 6) is -0.248. The van der Waals surface area contributed by atoms with Crippen molar-refractivity contribution in [3.8, 4) is 16.9 Å². The second kappa shape index (κ2) is 8.37. The average Bonchev–Trinajstić information content (AvgIpc) is 3.18. The molecule has 4 nitrogen and oxygen atoms in total. The second-order valence-electron chi connectivity index (χ2n) is 6.00. The Morgan fingerprint density at radius 1 is 0.893 bits per heavy atom. The second-order valence-corrected chi connectivity index (χ2v) is 7.75. The Bertz CT molecular complexity index is 1150. The number of carbonyl (C=O) groups excluding carboxylic acids is 1. The molecule has 0 aliphatic rings. The lowest BCUT2D eigenvalue weighted by molar-refractivity contribution is 0.0953. The summed E-state index contributed by atoms with van der Waals surface area (Å²) in [4.78, 5) is 13.1. The summed E-state index contributed by atoms with van der Waals surface area (Å²) in [6, 6.07) is 27.3. The number of halogens is 1. The molecule has 4 aromatic rings. The van der Waals surface area contributed by atoms with Crippen molar-refractivity contribution in [1.29, 1.82) is 0 Å². The van der Waals surface area contributed by atoms with Gasteiger partial charge in [-0.1, -0.05) is 64.5 Å². The van der Waals surface area contributed by atoms with E-state index in [9.17, 15) is 4.79 Å². The molecule has 0 fully saturated rings. The first-order chi connectivity index (χ1) is 13.7. The molecular weight excluding hydrogens is 434 g/mol. The van der Waals surface area contributed by atoms with Gasteiger partial charge in [-0.15, -0.1) is 16.4 Å². The Kier molecular flexibility index (Phi) is 5.50. The number of benzene rings is 3. The number of aromatic nitrogens is 1. The third-order valence-corrected chi connectivity index (χ3v) is 5.51. The van der Waals surface area contributed by atoms with E-state index in [1.54, 1.807) is 12.1 Å². The molecule has 6 heteroatoms. The Morgan fingerprint density at radius 3 is 2.21 bits per heavy atom. The number of rotatable bonds is 4. The average molecular weight is 450 g/mol. The zero-order valence-corrected chi connectivity index (χ0v) is 17.2. The fourth-order valence-electron chi connectivity index (χ4n) is 2.79. The number of thiazole rings is 1. The fourth-order valence-corrected chi connectivity index (χ4v) is 3.92. The van der Waals surface area contributed by atoms with Gasteiger partial charge in [0.2, 0.25) is 4.80 Å². The van der Waals surface area contributed by atoms with Gasteiger partial charge in [0.25, 0.3) is 5.91 Å². The number of para-hydroxylation sites is 1. The summed E-state index contributed by atoms with van der Waals surface area (Å²) in [6.45, 7) is 0. The summed E-state index contributed by atoms with van der Waals surface area (Å²) < 4.78 is 2.97. The van der Waals surface area contributed by atoms with Crippen LogP contribution in [0.25, 0.3) is 16.9 Å². The molecule has 0 unspecified atom stereocenters. The third-order valence-electron chi connectivity index (χ3n) is 4.15. The molecule has 0 saturated carbocycles. The van der Waals surface area contributed by atoms with Gasteiger partial charge in [-0.3, -0.25) is 9.36 Å². The largest absolute Gasteiger partial charge is 0.284 e. The molecule has 28 heavy (non-hydrogen) atoms. The molecular formula is C22H16BrN3OS. The van der Waals surface area contributed by atoms with E-state index < -0.39 is 0 Å². The van der Waals surface area contributed by atoms with Crippen molar-refractivity contribution >= 4 is 33.2 Å². The van der Waals surface area contributed by atoms with E-state index in [0.717, 1.165) is 21.4 Å². The molecule has 138 valence electrons. The number of nitrogens with zero attached hydrogens (tertiary/aromatic N) is 2. The summed E-state index contributed by atoms with van der Waals surface area (Å²) >= 11 is 4.85. The Hall–Kier alpha value is -2.96. The summed E-state index contributed by atoms with van der Waals surface area (Å²) in [6.07, 6.45) is 0. The fraction of sp³-hybridized carbons (Fsp3) is 0. The number of amides is 1. The quantitative estimate of drug-likeness (QED) is 0.426. The lowest BCUT2D eigenvalue weighted by Crippen LogP contribution is -2.24. The van der Waals surface area contributed by atoms with Crippen molar-refractivity contribution in [2.45, 2.75) is 0 Å². The molecule has 0 saturated heterocycles. The van der Waals surface area contributed by atoms with E-state index in [0.29, 0.717) is 10.4 Å². The standard InChI is InChI=1S/C22H16BrN3OS/c23-18-13-11-17(12-14-18)21(27)24-25-22-26(19-9-5-2-6-10-19)20(15-28-22)16-7-3-1-4-8-16/h1-15H,(H,24,27)/b25-22+. The van der Waals surface area contributed by atoms with Gasteiger partial charge in [0.1, 0.15) is 0 Å². The summed E-state index contributed by atoms with van der Waals surface area (Å²) in [5.41, 5.74) is 6.32. The minimum absolute atomic E-state index is 0.248. The Morgan fingerprint density at radius 2 is 1.54 bits per heavy atom. The molecule has 0 bridgehead atoms. The molecule has 0 aliphatic carbocycles. The van der Waals surface area contributed by atoms with Crippen LogP contribution < -0.4 is 10.2 Å². The van der Waals surface area contributed by atoms with Gasteiger partial charge in [-0.2, -0.15) is 0 Å². The zero-order chi connectivity index (χ0) is 19.3. The van der Waals surface area contributed by atoms with Gasteiger partial charge in [-0.25, -0.2) is 5.43 Å². The minimum atomic E-state index is -0.248. The van der Waals surface area contributed by atoms with Gasteiger partial charge in [0, 0.05) is 21.1 Å². The van der Waals surface area contributed by atoms with Crippen LogP contribution in [0.15, 0.2) is 99.9 Å². The molecule has 4 rings (SSSR count). The highest BCUT2D eigenvalue weighted by molar-refractivity contribution is 9.10. The van der Waals surface area contributed by atoms with Crippen LogP contribution in [0, 0.1) is 0 Å². The van der Waals surface area contributed by atoms with Crippen LogP contribution in [0.3, 0.4) is 0 Å². The van der Waals surface area contributed by atoms with E-state index in [2.05, 4.69) is 38.6 Å². The highest BCUT2D eigenvalue weighted by Gasteiger charge is 2.10. The van der Waals surface area contributed by atoms with Crippen LogP contribution in [-0.4, -0.2) is 10.5 Å². The van der Waals surface area contributed by atoms with Crippen LogP contribution in [0.2, 0.25) is 0 Å². The van der Waals surface area contributed by atoms with Gasteiger partial charge in [-0.05, 0) is 42.0 Å². The lowest BCUT2D eigenvalue weighted by Gasteiger charge is -2.09. The number of hydrogen-bond acceptors (Lipinski definition) is 3. The lowest BCUT2D eigenvalue weighted by atomic mass is 10.1. The van der Waals surface area contributed by atoms with E-state index in [1.165, 1.54) is 11.3 Å². The van der Waals surface area contributed by atoms with E-state index in [-0.39, 0.29) is 5.91 Å². The number of nitrogens with one attached hydrogen (secondary N) is 1. The van der Waals surface area contributed by atoms with Gasteiger partial charge in [0.15, 0.2) is 0 Å². The first-order valence-electron chi connectivity index (χ1n) is 8.63. The number of hydrogen-bond donors (Lipinski definition) is 1.